The van der Waals surface area contributed by atoms with Crippen LogP contribution in [0.5, 0.6) is 0 Å². The Hall–Kier alpha value is -1.23. The first-order valence-electron chi connectivity index (χ1n) is 7.02. The van der Waals surface area contributed by atoms with E-state index >= 15 is 0 Å². The third kappa shape index (κ3) is 3.21. The van der Waals surface area contributed by atoms with Crippen LogP contribution in [0.15, 0.2) is 17.0 Å². The molecule has 1 N–H and O–H groups in total. The second-order valence-electron chi connectivity index (χ2n) is 5.52. The number of aryl methyl sites for hydroxylation is 2. The molecule has 0 saturated carbocycles. The summed E-state index contributed by atoms with van der Waals surface area (Å²) < 4.78 is 49.8. The Morgan fingerprint density at radius 2 is 1.87 bits per heavy atom. The van der Waals surface area contributed by atoms with E-state index in [-0.39, 0.29) is 29.5 Å². The molecular formula is C13H17N3O4S3. The van der Waals surface area contributed by atoms with Crippen LogP contribution in [0.3, 0.4) is 0 Å². The highest BCUT2D eigenvalue weighted by Crippen LogP contribution is 2.34. The highest BCUT2D eigenvalue weighted by Gasteiger charge is 2.33. The van der Waals surface area contributed by atoms with Crippen molar-refractivity contribution in [3.63, 3.8) is 0 Å². The highest BCUT2D eigenvalue weighted by molar-refractivity contribution is 7.92. The molecule has 3 heterocycles. The lowest BCUT2D eigenvalue weighted by Gasteiger charge is -2.25. The number of nitrogens with zero attached hydrogens (tertiary/aromatic N) is 2. The molecule has 0 aliphatic carbocycles. The molecule has 1 aliphatic rings. The largest absolute Gasteiger partial charge is 0.282 e. The van der Waals surface area contributed by atoms with Crippen LogP contribution < -0.4 is 0 Å². The van der Waals surface area contributed by atoms with Gasteiger partial charge in [0.15, 0.2) is 9.84 Å². The van der Waals surface area contributed by atoms with E-state index in [0.717, 1.165) is 10.6 Å². The van der Waals surface area contributed by atoms with Crippen molar-refractivity contribution in [3.8, 4) is 10.6 Å². The van der Waals surface area contributed by atoms with Crippen LogP contribution in [0.1, 0.15) is 10.6 Å². The summed E-state index contributed by atoms with van der Waals surface area (Å²) in [5.41, 5.74) is 1.61. The van der Waals surface area contributed by atoms with Crippen molar-refractivity contribution in [3.05, 3.63) is 22.7 Å². The van der Waals surface area contributed by atoms with Crippen molar-refractivity contribution in [1.82, 2.24) is 14.5 Å². The minimum absolute atomic E-state index is 0.0107. The summed E-state index contributed by atoms with van der Waals surface area (Å²) in [6.45, 7) is 3.65. The van der Waals surface area contributed by atoms with Gasteiger partial charge in [0.25, 0.3) is 0 Å². The Bertz CT molecular complexity index is 927. The molecule has 1 fully saturated rings. The molecule has 1 aliphatic heterocycles. The smallest absolute Gasteiger partial charge is 0.244 e. The first-order valence-corrected chi connectivity index (χ1v) is 11.1. The molecule has 7 nitrogen and oxygen atoms in total. The van der Waals surface area contributed by atoms with Gasteiger partial charge in [-0.3, -0.25) is 5.10 Å². The van der Waals surface area contributed by atoms with E-state index in [2.05, 4.69) is 10.2 Å². The molecule has 23 heavy (non-hydrogen) atoms. The van der Waals surface area contributed by atoms with E-state index in [1.165, 1.54) is 15.6 Å². The first kappa shape index (κ1) is 16.6. The number of H-pyrrole nitrogens is 1. The molecule has 0 amide bonds. The third-order valence-electron chi connectivity index (χ3n) is 3.75. The molecule has 0 aromatic carbocycles. The van der Waals surface area contributed by atoms with Crippen LogP contribution >= 0.6 is 11.3 Å². The fourth-order valence-electron chi connectivity index (χ4n) is 2.47. The number of rotatable bonds is 3. The molecule has 2 aromatic rings. The SMILES string of the molecule is Cc1cc(-c2cc(S(=O)(=O)N3CCS(=O)(=O)CC3)c(C)s2)n[nH]1. The molecule has 0 bridgehead atoms. The van der Waals surface area contributed by atoms with Crippen LogP contribution in [-0.2, 0) is 19.9 Å². The Kier molecular flexibility index (Phi) is 4.11. The normalized spacial score (nSPS) is 19.0. The van der Waals surface area contributed by atoms with Gasteiger partial charge in [0.2, 0.25) is 10.0 Å². The fraction of sp³-hybridized carbons (Fsp3) is 0.462. The number of aromatic nitrogens is 2. The van der Waals surface area contributed by atoms with Crippen LogP contribution in [0, 0.1) is 13.8 Å². The van der Waals surface area contributed by atoms with Crippen molar-refractivity contribution in [2.45, 2.75) is 18.7 Å². The summed E-state index contributed by atoms with van der Waals surface area (Å²) in [6, 6.07) is 3.48. The van der Waals surface area contributed by atoms with E-state index in [0.29, 0.717) is 10.6 Å². The van der Waals surface area contributed by atoms with Crippen molar-refractivity contribution in [2.75, 3.05) is 24.6 Å². The number of sulfonamides is 1. The molecular weight excluding hydrogens is 358 g/mol. The molecule has 0 atom stereocenters. The van der Waals surface area contributed by atoms with E-state index in [9.17, 15) is 16.8 Å². The number of sulfone groups is 1. The van der Waals surface area contributed by atoms with E-state index in [4.69, 9.17) is 0 Å². The summed E-state index contributed by atoms with van der Waals surface area (Å²) in [6.07, 6.45) is 0. The molecule has 3 rings (SSSR count). The zero-order valence-corrected chi connectivity index (χ0v) is 15.2. The first-order chi connectivity index (χ1) is 10.7. The topological polar surface area (TPSA) is 100 Å². The number of thiophene rings is 1. The number of nitrogens with one attached hydrogen (secondary N) is 1. The van der Waals surface area contributed by atoms with E-state index < -0.39 is 19.9 Å². The Labute approximate surface area is 139 Å². The summed E-state index contributed by atoms with van der Waals surface area (Å²) in [7, 11) is -6.80. The van der Waals surface area contributed by atoms with Crippen molar-refractivity contribution < 1.29 is 16.8 Å². The summed E-state index contributed by atoms with van der Waals surface area (Å²) >= 11 is 1.36. The zero-order chi connectivity index (χ0) is 16.8. The average molecular weight is 375 g/mol. The van der Waals surface area contributed by atoms with Crippen molar-refractivity contribution in [2.24, 2.45) is 0 Å². The van der Waals surface area contributed by atoms with Gasteiger partial charge >= 0.3 is 0 Å². The van der Waals surface area contributed by atoms with Crippen molar-refractivity contribution in [1.29, 1.82) is 0 Å². The molecule has 0 radical (unpaired) electrons. The average Bonchev–Trinajstić information content (AvgIpc) is 3.04. The van der Waals surface area contributed by atoms with Crippen LogP contribution in [0.25, 0.3) is 10.6 Å². The number of aromatic amines is 1. The Balaban J connectivity index is 1.93. The van der Waals surface area contributed by atoms with Crippen molar-refractivity contribution >= 4 is 31.2 Å². The predicted molar refractivity (Wildman–Crippen MR) is 88.8 cm³/mol. The minimum atomic E-state index is -3.68. The fourth-order valence-corrected chi connectivity index (χ4v) is 6.86. The van der Waals surface area contributed by atoms with Gasteiger partial charge in [0.1, 0.15) is 5.69 Å². The third-order valence-corrected chi connectivity index (χ3v) is 8.59. The van der Waals surface area contributed by atoms with Gasteiger partial charge in [-0.1, -0.05) is 0 Å². The number of hydrogen-bond acceptors (Lipinski definition) is 6. The molecule has 1 saturated heterocycles. The predicted octanol–water partition coefficient (Wildman–Crippen LogP) is 1.17. The monoisotopic (exact) mass is 375 g/mol. The summed E-state index contributed by atoms with van der Waals surface area (Å²) in [4.78, 5) is 1.68. The van der Waals surface area contributed by atoms with Gasteiger partial charge in [-0.25, -0.2) is 16.8 Å². The minimum Gasteiger partial charge on any atom is -0.282 e. The molecule has 2 aromatic heterocycles. The summed E-state index contributed by atoms with van der Waals surface area (Å²) in [5.74, 6) is -0.248. The quantitative estimate of drug-likeness (QED) is 0.868. The lowest BCUT2D eigenvalue weighted by atomic mass is 10.3. The van der Waals surface area contributed by atoms with Gasteiger partial charge in [-0.2, -0.15) is 9.40 Å². The Morgan fingerprint density at radius 1 is 1.22 bits per heavy atom. The lowest BCUT2D eigenvalue weighted by Crippen LogP contribution is -2.43. The number of hydrogen-bond donors (Lipinski definition) is 1. The standard InChI is InChI=1S/C13H17N3O4S3/c1-9-7-11(15-14-9)12-8-13(10(2)21-12)23(19,20)16-3-5-22(17,18)6-4-16/h7-8H,3-6H2,1-2H3,(H,14,15). The van der Waals surface area contributed by atoms with Gasteiger partial charge in [0.05, 0.1) is 21.3 Å². The molecule has 10 heteroatoms. The van der Waals surface area contributed by atoms with E-state index in [1.54, 1.807) is 13.0 Å². The maximum atomic E-state index is 12.8. The molecule has 0 spiro atoms. The second-order valence-corrected chi connectivity index (χ2v) is 11.0. The highest BCUT2D eigenvalue weighted by atomic mass is 32.2. The van der Waals surface area contributed by atoms with E-state index in [1.807, 2.05) is 13.0 Å². The lowest BCUT2D eigenvalue weighted by molar-refractivity contribution is 0.430. The molecule has 126 valence electrons. The van der Waals surface area contributed by atoms with Crippen LogP contribution in [0.4, 0.5) is 0 Å². The second kappa shape index (κ2) is 5.69. The van der Waals surface area contributed by atoms with Crippen LogP contribution in [0.2, 0.25) is 0 Å². The zero-order valence-electron chi connectivity index (χ0n) is 12.7. The van der Waals surface area contributed by atoms with Gasteiger partial charge in [-0.05, 0) is 26.0 Å². The summed E-state index contributed by atoms with van der Waals surface area (Å²) in [5, 5.41) is 6.99. The Morgan fingerprint density at radius 3 is 2.43 bits per heavy atom. The van der Waals surface area contributed by atoms with Gasteiger partial charge in [-0.15, -0.1) is 11.3 Å². The maximum Gasteiger partial charge on any atom is 0.244 e. The van der Waals surface area contributed by atoms with Crippen LogP contribution in [-0.4, -0.2) is 55.9 Å². The maximum absolute atomic E-state index is 12.8. The van der Waals surface area contributed by atoms with Gasteiger partial charge < -0.3 is 0 Å². The van der Waals surface area contributed by atoms with Gasteiger partial charge in [0, 0.05) is 23.7 Å². The molecule has 0 unspecified atom stereocenters.